The average Bonchev–Trinajstić information content (AvgIpc) is 3.28. The normalized spacial score (nSPS) is 12.6. The molecule has 0 spiro atoms. The largest absolute Gasteiger partial charge is 0.462 e. The monoisotopic (exact) mass is 879 g/mol. The highest BCUT2D eigenvalue weighted by Crippen LogP contribution is 2.14. The number of rotatable bonds is 47. The molecule has 0 saturated heterocycles. The van der Waals surface area contributed by atoms with E-state index in [1.165, 1.54) is 96.3 Å². The molecule has 1 atom stereocenters. The van der Waals surface area contributed by atoms with E-state index in [4.69, 9.17) is 14.2 Å². The van der Waals surface area contributed by atoms with Gasteiger partial charge in [-0.15, -0.1) is 0 Å². The SMILES string of the molecule is CCC=CCC=CC=CCCCCCCCCC(=O)OCC(COC(=O)CCCCCCCC=CCCCCCCCC)OC(=O)CCCCCCCC=CCC=CCCCCC. The molecule has 0 aliphatic rings. The topological polar surface area (TPSA) is 78.9 Å². The minimum Gasteiger partial charge on any atom is -0.462 e. The van der Waals surface area contributed by atoms with E-state index in [1.54, 1.807) is 0 Å². The molecule has 6 nitrogen and oxygen atoms in total. The van der Waals surface area contributed by atoms with Crippen LogP contribution in [0.2, 0.25) is 0 Å². The van der Waals surface area contributed by atoms with Gasteiger partial charge in [-0.05, 0) is 103 Å². The summed E-state index contributed by atoms with van der Waals surface area (Å²) in [6.45, 7) is 6.46. The Morgan fingerprint density at radius 2 is 0.683 bits per heavy atom. The van der Waals surface area contributed by atoms with Crippen molar-refractivity contribution in [3.8, 4) is 0 Å². The van der Waals surface area contributed by atoms with Gasteiger partial charge in [0.15, 0.2) is 6.10 Å². The Kier molecular flexibility index (Phi) is 48.9. The van der Waals surface area contributed by atoms with Gasteiger partial charge < -0.3 is 14.2 Å². The van der Waals surface area contributed by atoms with Gasteiger partial charge in [0.1, 0.15) is 13.2 Å². The standard InChI is InChI=1S/C57H98O6/c1-4-7-10-13-16-19-22-25-28-31-34-37-40-43-46-49-55(58)61-52-54(63-57(60)51-48-45-42-39-36-33-30-27-24-21-18-15-12-9-6-3)53-62-56(59)50-47-44-41-38-35-32-29-26-23-20-17-14-11-8-5-2/h7,10,16,18-19,21-22,25-27,29-30,54H,4-6,8-9,11-15,17,20,23-24,28,31-53H2,1-3H3. The summed E-state index contributed by atoms with van der Waals surface area (Å²) in [6, 6.07) is 0. The molecule has 0 saturated carbocycles. The van der Waals surface area contributed by atoms with Crippen LogP contribution in [0.5, 0.6) is 0 Å². The minimum atomic E-state index is -0.792. The lowest BCUT2D eigenvalue weighted by Crippen LogP contribution is -2.30. The van der Waals surface area contributed by atoms with Crippen molar-refractivity contribution in [3.05, 3.63) is 72.9 Å². The fourth-order valence-electron chi connectivity index (χ4n) is 7.21. The van der Waals surface area contributed by atoms with Crippen molar-refractivity contribution in [2.45, 2.75) is 258 Å². The van der Waals surface area contributed by atoms with Crippen LogP contribution >= 0.6 is 0 Å². The van der Waals surface area contributed by atoms with Gasteiger partial charge in [-0.25, -0.2) is 0 Å². The van der Waals surface area contributed by atoms with Crippen molar-refractivity contribution in [2.24, 2.45) is 0 Å². The highest BCUT2D eigenvalue weighted by molar-refractivity contribution is 5.71. The van der Waals surface area contributed by atoms with Crippen LogP contribution in [0.1, 0.15) is 252 Å². The van der Waals surface area contributed by atoms with E-state index in [1.807, 2.05) is 0 Å². The van der Waals surface area contributed by atoms with Gasteiger partial charge >= 0.3 is 17.9 Å². The fourth-order valence-corrected chi connectivity index (χ4v) is 7.21. The Morgan fingerprint density at radius 1 is 0.349 bits per heavy atom. The van der Waals surface area contributed by atoms with Crippen molar-refractivity contribution < 1.29 is 28.6 Å². The van der Waals surface area contributed by atoms with Crippen molar-refractivity contribution in [3.63, 3.8) is 0 Å². The van der Waals surface area contributed by atoms with Gasteiger partial charge in [-0.2, -0.15) is 0 Å². The second-order valence-electron chi connectivity index (χ2n) is 17.4. The van der Waals surface area contributed by atoms with E-state index in [9.17, 15) is 14.4 Å². The zero-order valence-electron chi connectivity index (χ0n) is 41.3. The van der Waals surface area contributed by atoms with Crippen LogP contribution in [-0.4, -0.2) is 37.2 Å². The Morgan fingerprint density at radius 3 is 1.16 bits per heavy atom. The molecule has 6 heteroatoms. The molecule has 0 amide bonds. The Balaban J connectivity index is 4.44. The first-order valence-electron chi connectivity index (χ1n) is 26.5. The van der Waals surface area contributed by atoms with E-state index in [-0.39, 0.29) is 31.1 Å². The first kappa shape index (κ1) is 59.9. The molecular formula is C57H98O6. The molecule has 0 fully saturated rings. The molecule has 0 rings (SSSR count). The van der Waals surface area contributed by atoms with Gasteiger partial charge in [0.05, 0.1) is 0 Å². The summed E-state index contributed by atoms with van der Waals surface area (Å²) in [5.74, 6) is -0.924. The summed E-state index contributed by atoms with van der Waals surface area (Å²) in [5, 5.41) is 0. The number of ether oxygens (including phenoxy) is 3. The van der Waals surface area contributed by atoms with Crippen LogP contribution in [0.25, 0.3) is 0 Å². The molecule has 0 aromatic heterocycles. The van der Waals surface area contributed by atoms with E-state index in [0.29, 0.717) is 19.3 Å². The molecule has 0 radical (unpaired) electrons. The number of allylic oxidation sites excluding steroid dienone is 12. The predicted molar refractivity (Wildman–Crippen MR) is 270 cm³/mol. The third-order valence-corrected chi connectivity index (χ3v) is 11.2. The maximum atomic E-state index is 12.8. The molecule has 0 aromatic rings. The first-order valence-corrected chi connectivity index (χ1v) is 26.5. The smallest absolute Gasteiger partial charge is 0.306 e. The molecule has 63 heavy (non-hydrogen) atoms. The van der Waals surface area contributed by atoms with E-state index in [2.05, 4.69) is 93.7 Å². The molecule has 0 aromatic carbocycles. The summed E-state index contributed by atoms with van der Waals surface area (Å²) < 4.78 is 16.8. The number of carbonyl (C=O) groups excluding carboxylic acids is 3. The van der Waals surface area contributed by atoms with Crippen LogP contribution in [-0.2, 0) is 28.6 Å². The molecule has 0 aliphatic carbocycles. The predicted octanol–water partition coefficient (Wildman–Crippen LogP) is 17.4. The third kappa shape index (κ3) is 49.7. The number of hydrogen-bond donors (Lipinski definition) is 0. The summed E-state index contributed by atoms with van der Waals surface area (Å²) in [4.78, 5) is 38.0. The second-order valence-corrected chi connectivity index (χ2v) is 17.4. The van der Waals surface area contributed by atoms with Crippen molar-refractivity contribution in [1.82, 2.24) is 0 Å². The maximum Gasteiger partial charge on any atom is 0.306 e. The number of hydrogen-bond acceptors (Lipinski definition) is 6. The van der Waals surface area contributed by atoms with Gasteiger partial charge in [0.2, 0.25) is 0 Å². The molecule has 0 N–H and O–H groups in total. The van der Waals surface area contributed by atoms with Crippen molar-refractivity contribution in [2.75, 3.05) is 13.2 Å². The van der Waals surface area contributed by atoms with E-state index >= 15 is 0 Å². The molecule has 0 aliphatic heterocycles. The molecule has 0 bridgehead atoms. The lowest BCUT2D eigenvalue weighted by molar-refractivity contribution is -0.167. The van der Waals surface area contributed by atoms with Gasteiger partial charge in [0.25, 0.3) is 0 Å². The van der Waals surface area contributed by atoms with Crippen molar-refractivity contribution in [1.29, 1.82) is 0 Å². The van der Waals surface area contributed by atoms with Crippen LogP contribution in [0.3, 0.4) is 0 Å². The molecule has 362 valence electrons. The van der Waals surface area contributed by atoms with Gasteiger partial charge in [-0.3, -0.25) is 14.4 Å². The van der Waals surface area contributed by atoms with Crippen LogP contribution in [0.15, 0.2) is 72.9 Å². The van der Waals surface area contributed by atoms with Gasteiger partial charge in [0, 0.05) is 19.3 Å². The Hall–Kier alpha value is -3.15. The Bertz CT molecular complexity index is 1190. The molecule has 1 unspecified atom stereocenters. The highest BCUT2D eigenvalue weighted by atomic mass is 16.6. The fraction of sp³-hybridized carbons (Fsp3) is 0.737. The summed E-state index contributed by atoms with van der Waals surface area (Å²) in [5.41, 5.74) is 0. The zero-order chi connectivity index (χ0) is 45.8. The van der Waals surface area contributed by atoms with E-state index < -0.39 is 6.10 Å². The first-order chi connectivity index (χ1) is 31.0. The Labute approximate surface area is 389 Å². The quantitative estimate of drug-likeness (QED) is 0.0199. The lowest BCUT2D eigenvalue weighted by Gasteiger charge is -2.18. The summed E-state index contributed by atoms with van der Waals surface area (Å²) in [6.07, 6.45) is 64.5. The van der Waals surface area contributed by atoms with Crippen molar-refractivity contribution >= 4 is 17.9 Å². The molecule has 0 heterocycles. The zero-order valence-corrected chi connectivity index (χ0v) is 41.3. The van der Waals surface area contributed by atoms with Crippen LogP contribution in [0, 0.1) is 0 Å². The van der Waals surface area contributed by atoms with E-state index in [0.717, 1.165) is 116 Å². The van der Waals surface area contributed by atoms with Crippen LogP contribution in [0.4, 0.5) is 0 Å². The minimum absolute atomic E-state index is 0.0904. The average molecular weight is 879 g/mol. The number of esters is 3. The number of unbranched alkanes of at least 4 members (excludes halogenated alkanes) is 25. The second kappa shape index (κ2) is 51.5. The maximum absolute atomic E-state index is 12.8. The third-order valence-electron chi connectivity index (χ3n) is 11.2. The van der Waals surface area contributed by atoms with Crippen LogP contribution < -0.4 is 0 Å². The lowest BCUT2D eigenvalue weighted by atomic mass is 10.1. The molecular weight excluding hydrogens is 781 g/mol. The highest BCUT2D eigenvalue weighted by Gasteiger charge is 2.19. The number of carbonyl (C=O) groups is 3. The summed E-state index contributed by atoms with van der Waals surface area (Å²) in [7, 11) is 0. The summed E-state index contributed by atoms with van der Waals surface area (Å²) >= 11 is 0. The van der Waals surface area contributed by atoms with Gasteiger partial charge in [-0.1, -0.05) is 203 Å².